The fourth-order valence-electron chi connectivity index (χ4n) is 3.04. The van der Waals surface area contributed by atoms with Gasteiger partial charge in [-0.15, -0.1) is 0 Å². The maximum absolute atomic E-state index is 11.1. The van der Waals surface area contributed by atoms with Crippen molar-refractivity contribution in [1.29, 1.82) is 0 Å². The third kappa shape index (κ3) is 4.82. The van der Waals surface area contributed by atoms with E-state index in [1.54, 1.807) is 0 Å². The largest absolute Gasteiger partial charge is 0.481 e. The number of carboxylic acids is 2. The fraction of sp³-hybridized carbons (Fsp3) is 0.857. The number of carbonyl (C=O) groups is 2. The topological polar surface area (TPSA) is 86.6 Å². The lowest BCUT2D eigenvalue weighted by Gasteiger charge is -2.39. The SMILES string of the molecule is CC1CCC(C(C)C)C(N[C@H](CC(=O)O)C(=O)O)C1. The minimum atomic E-state index is -1.08. The summed E-state index contributed by atoms with van der Waals surface area (Å²) in [5.41, 5.74) is 0. The van der Waals surface area contributed by atoms with E-state index in [4.69, 9.17) is 10.2 Å². The molecule has 3 unspecified atom stereocenters. The first-order valence-electron chi connectivity index (χ1n) is 7.01. The molecule has 3 N–H and O–H groups in total. The van der Waals surface area contributed by atoms with Crippen molar-refractivity contribution in [2.45, 2.75) is 58.5 Å². The van der Waals surface area contributed by atoms with E-state index >= 15 is 0 Å². The lowest BCUT2D eigenvalue weighted by molar-refractivity contribution is -0.146. The summed E-state index contributed by atoms with van der Waals surface area (Å²) < 4.78 is 0. The summed E-state index contributed by atoms with van der Waals surface area (Å²) in [5, 5.41) is 21.0. The Morgan fingerprint density at radius 1 is 1.26 bits per heavy atom. The molecule has 0 aromatic heterocycles. The number of hydrogen-bond acceptors (Lipinski definition) is 3. The predicted molar refractivity (Wildman–Crippen MR) is 71.9 cm³/mol. The average molecular weight is 271 g/mol. The highest BCUT2D eigenvalue weighted by molar-refractivity contribution is 5.80. The molecule has 4 atom stereocenters. The number of hydrogen-bond donors (Lipinski definition) is 3. The van der Waals surface area contributed by atoms with E-state index in [2.05, 4.69) is 26.1 Å². The molecule has 5 heteroatoms. The van der Waals surface area contributed by atoms with Gasteiger partial charge >= 0.3 is 11.9 Å². The Hall–Kier alpha value is -1.10. The quantitative estimate of drug-likeness (QED) is 0.687. The van der Waals surface area contributed by atoms with Gasteiger partial charge in [0.2, 0.25) is 0 Å². The summed E-state index contributed by atoms with van der Waals surface area (Å²) in [4.78, 5) is 21.9. The second-order valence-corrected chi connectivity index (χ2v) is 6.09. The van der Waals surface area contributed by atoms with Gasteiger partial charge in [0, 0.05) is 6.04 Å². The molecule has 1 aliphatic rings. The van der Waals surface area contributed by atoms with Crippen LogP contribution in [0.1, 0.15) is 46.5 Å². The molecule has 1 saturated carbocycles. The molecule has 5 nitrogen and oxygen atoms in total. The van der Waals surface area contributed by atoms with Crippen LogP contribution in [0, 0.1) is 17.8 Å². The second-order valence-electron chi connectivity index (χ2n) is 6.09. The smallest absolute Gasteiger partial charge is 0.321 e. The highest BCUT2D eigenvalue weighted by Gasteiger charge is 2.34. The van der Waals surface area contributed by atoms with Crippen LogP contribution < -0.4 is 5.32 Å². The Labute approximate surface area is 114 Å². The van der Waals surface area contributed by atoms with Crippen molar-refractivity contribution in [1.82, 2.24) is 5.32 Å². The molecule has 1 rings (SSSR count). The Bertz CT molecular complexity index is 329. The van der Waals surface area contributed by atoms with Crippen LogP contribution in [0.5, 0.6) is 0 Å². The molecule has 0 bridgehead atoms. The van der Waals surface area contributed by atoms with Gasteiger partial charge in [0.05, 0.1) is 6.42 Å². The molecule has 0 aliphatic heterocycles. The zero-order valence-electron chi connectivity index (χ0n) is 11.9. The summed E-state index contributed by atoms with van der Waals surface area (Å²) in [5.74, 6) is -0.698. The van der Waals surface area contributed by atoms with Crippen LogP contribution in [-0.4, -0.2) is 34.2 Å². The van der Waals surface area contributed by atoms with Crippen molar-refractivity contribution in [3.05, 3.63) is 0 Å². The molecule has 0 aromatic rings. The van der Waals surface area contributed by atoms with Crippen molar-refractivity contribution in [2.24, 2.45) is 17.8 Å². The molecule has 0 radical (unpaired) electrons. The van der Waals surface area contributed by atoms with Crippen molar-refractivity contribution < 1.29 is 19.8 Å². The van der Waals surface area contributed by atoms with Crippen LogP contribution in [-0.2, 0) is 9.59 Å². The Kier molecular flexibility index (Phi) is 5.79. The third-order valence-electron chi connectivity index (χ3n) is 4.11. The number of aliphatic carboxylic acids is 2. The summed E-state index contributed by atoms with van der Waals surface area (Å²) in [6, 6.07) is -0.891. The van der Waals surface area contributed by atoms with Crippen LogP contribution in [0.3, 0.4) is 0 Å². The van der Waals surface area contributed by atoms with Crippen LogP contribution in [0.4, 0.5) is 0 Å². The van der Waals surface area contributed by atoms with Gasteiger partial charge in [0.1, 0.15) is 6.04 Å². The van der Waals surface area contributed by atoms with Crippen molar-refractivity contribution >= 4 is 11.9 Å². The molecule has 19 heavy (non-hydrogen) atoms. The summed E-state index contributed by atoms with van der Waals surface area (Å²) >= 11 is 0. The first-order chi connectivity index (χ1) is 8.81. The summed E-state index contributed by atoms with van der Waals surface area (Å²) in [6.45, 7) is 6.45. The number of carboxylic acid groups (broad SMARTS) is 2. The van der Waals surface area contributed by atoms with Gasteiger partial charge in [-0.2, -0.15) is 0 Å². The highest BCUT2D eigenvalue weighted by atomic mass is 16.4. The standard InChI is InChI=1S/C14H25NO4/c1-8(2)10-5-4-9(3)6-11(10)15-12(14(18)19)7-13(16)17/h8-12,15H,4-7H2,1-3H3,(H,16,17)(H,18,19)/t9?,10?,11?,12-/m1/s1. The van der Waals surface area contributed by atoms with E-state index in [-0.39, 0.29) is 12.5 Å². The number of rotatable bonds is 6. The van der Waals surface area contributed by atoms with Crippen LogP contribution in [0.25, 0.3) is 0 Å². The molecule has 1 aliphatic carbocycles. The van der Waals surface area contributed by atoms with Gasteiger partial charge in [-0.1, -0.05) is 27.2 Å². The van der Waals surface area contributed by atoms with Crippen LogP contribution in [0.2, 0.25) is 0 Å². The summed E-state index contributed by atoms with van der Waals surface area (Å²) in [6.07, 6.45) is 2.80. The average Bonchev–Trinajstić information content (AvgIpc) is 2.26. The molecule has 0 saturated heterocycles. The lowest BCUT2D eigenvalue weighted by Crippen LogP contribution is -2.50. The molecule has 0 heterocycles. The number of nitrogens with one attached hydrogen (secondary N) is 1. The van der Waals surface area contributed by atoms with Crippen LogP contribution >= 0.6 is 0 Å². The monoisotopic (exact) mass is 271 g/mol. The fourth-order valence-corrected chi connectivity index (χ4v) is 3.04. The Morgan fingerprint density at radius 3 is 2.37 bits per heavy atom. The minimum Gasteiger partial charge on any atom is -0.481 e. The molecule has 0 aromatic carbocycles. The molecular weight excluding hydrogens is 246 g/mol. The Balaban J connectivity index is 2.72. The first-order valence-corrected chi connectivity index (χ1v) is 7.01. The Morgan fingerprint density at radius 2 is 1.89 bits per heavy atom. The molecule has 1 fully saturated rings. The van der Waals surface area contributed by atoms with Gasteiger partial charge < -0.3 is 15.5 Å². The van der Waals surface area contributed by atoms with E-state index in [9.17, 15) is 9.59 Å². The maximum atomic E-state index is 11.1. The summed E-state index contributed by atoms with van der Waals surface area (Å²) in [7, 11) is 0. The van der Waals surface area contributed by atoms with E-state index in [0.29, 0.717) is 17.8 Å². The van der Waals surface area contributed by atoms with Gasteiger partial charge in [-0.25, -0.2) is 0 Å². The predicted octanol–water partition coefficient (Wildman–Crippen LogP) is 1.96. The molecule has 110 valence electrons. The van der Waals surface area contributed by atoms with Crippen molar-refractivity contribution in [3.8, 4) is 0 Å². The molecule has 0 spiro atoms. The van der Waals surface area contributed by atoms with Gasteiger partial charge in [-0.05, 0) is 30.6 Å². The van der Waals surface area contributed by atoms with Gasteiger partial charge in [0.15, 0.2) is 0 Å². The van der Waals surface area contributed by atoms with Gasteiger partial charge in [0.25, 0.3) is 0 Å². The molecule has 0 amide bonds. The second kappa shape index (κ2) is 6.89. The van der Waals surface area contributed by atoms with E-state index in [1.807, 2.05) is 0 Å². The maximum Gasteiger partial charge on any atom is 0.321 e. The first kappa shape index (κ1) is 16.0. The van der Waals surface area contributed by atoms with E-state index in [1.165, 1.54) is 0 Å². The van der Waals surface area contributed by atoms with Crippen molar-refractivity contribution in [2.75, 3.05) is 0 Å². The minimum absolute atomic E-state index is 0.101. The highest BCUT2D eigenvalue weighted by Crippen LogP contribution is 2.33. The van der Waals surface area contributed by atoms with Crippen molar-refractivity contribution in [3.63, 3.8) is 0 Å². The van der Waals surface area contributed by atoms with Gasteiger partial charge in [-0.3, -0.25) is 9.59 Å². The zero-order chi connectivity index (χ0) is 14.6. The van der Waals surface area contributed by atoms with E-state index < -0.39 is 18.0 Å². The molecular formula is C14H25NO4. The third-order valence-corrected chi connectivity index (χ3v) is 4.11. The zero-order valence-corrected chi connectivity index (χ0v) is 11.9. The lowest BCUT2D eigenvalue weighted by atomic mass is 9.73. The normalized spacial score (nSPS) is 29.2. The van der Waals surface area contributed by atoms with E-state index in [0.717, 1.165) is 19.3 Å². The van der Waals surface area contributed by atoms with Crippen LogP contribution in [0.15, 0.2) is 0 Å².